The number of alkyl halides is 2. The second-order valence-corrected chi connectivity index (χ2v) is 7.13. The number of nitrogens with zero attached hydrogens (tertiary/aromatic N) is 4. The summed E-state index contributed by atoms with van der Waals surface area (Å²) in [5.74, 6) is -0.893. The molecule has 2 aromatic heterocycles. The number of likely N-dealkylation sites (N-methyl/N-ethyl adjacent to an activating group) is 1. The molecule has 0 saturated carbocycles. The van der Waals surface area contributed by atoms with E-state index in [9.17, 15) is 18.0 Å². The summed E-state index contributed by atoms with van der Waals surface area (Å²) in [6.07, 6.45) is -0.335. The first kappa shape index (κ1) is 21.3. The van der Waals surface area contributed by atoms with Gasteiger partial charge in [-0.25, -0.2) is 23.1 Å². The summed E-state index contributed by atoms with van der Waals surface area (Å²) in [4.78, 5) is 26.8. The SMILES string of the molecule is COc1cc(-c2cncc(F)c2)cc(C2(c3cccc(C(F)F)n3)N=C(N)N(C)C2=O)c1. The molecule has 32 heavy (non-hydrogen) atoms. The Morgan fingerprint density at radius 3 is 2.53 bits per heavy atom. The smallest absolute Gasteiger partial charge is 0.280 e. The van der Waals surface area contributed by atoms with Crippen LogP contribution in [0.2, 0.25) is 0 Å². The lowest BCUT2D eigenvalue weighted by molar-refractivity contribution is -0.129. The van der Waals surface area contributed by atoms with E-state index >= 15 is 0 Å². The molecule has 2 N–H and O–H groups in total. The Balaban J connectivity index is 2.01. The van der Waals surface area contributed by atoms with E-state index in [1.807, 2.05) is 0 Å². The number of methoxy groups -OCH3 is 1. The number of guanidine groups is 1. The number of nitrogens with two attached hydrogens (primary N) is 1. The zero-order valence-corrected chi connectivity index (χ0v) is 17.1. The first-order chi connectivity index (χ1) is 15.3. The molecule has 3 aromatic rings. The highest BCUT2D eigenvalue weighted by molar-refractivity contribution is 6.08. The minimum atomic E-state index is -2.85. The third kappa shape index (κ3) is 3.43. The molecule has 0 spiro atoms. The molecule has 164 valence electrons. The summed E-state index contributed by atoms with van der Waals surface area (Å²) in [6.45, 7) is 0. The van der Waals surface area contributed by atoms with Crippen molar-refractivity contribution in [2.24, 2.45) is 10.7 Å². The Kier molecular flexibility index (Phi) is 5.29. The summed E-state index contributed by atoms with van der Waals surface area (Å²) < 4.78 is 45.9. The average molecular weight is 441 g/mol. The lowest BCUT2D eigenvalue weighted by atomic mass is 9.84. The summed E-state index contributed by atoms with van der Waals surface area (Å²) in [7, 11) is 2.85. The maximum absolute atomic E-state index is 13.8. The van der Waals surface area contributed by atoms with Crippen LogP contribution in [0.5, 0.6) is 5.75 Å². The number of halogens is 3. The normalized spacial score (nSPS) is 18.2. The molecular formula is C22H18F3N5O2. The molecule has 1 aliphatic heterocycles. The molecule has 0 bridgehead atoms. The van der Waals surface area contributed by atoms with Crippen LogP contribution in [0, 0.1) is 5.82 Å². The number of carbonyl (C=O) groups excluding carboxylic acids is 1. The zero-order chi connectivity index (χ0) is 23.0. The number of pyridine rings is 2. The van der Waals surface area contributed by atoms with E-state index in [4.69, 9.17) is 10.5 Å². The molecule has 0 radical (unpaired) electrons. The first-order valence-corrected chi connectivity index (χ1v) is 9.46. The minimum absolute atomic E-state index is 0.0239. The predicted molar refractivity (Wildman–Crippen MR) is 111 cm³/mol. The van der Waals surface area contributed by atoms with Crippen molar-refractivity contribution in [3.63, 3.8) is 0 Å². The Morgan fingerprint density at radius 1 is 1.12 bits per heavy atom. The van der Waals surface area contributed by atoms with Crippen LogP contribution in [0.25, 0.3) is 11.1 Å². The molecule has 0 saturated heterocycles. The monoisotopic (exact) mass is 441 g/mol. The van der Waals surface area contributed by atoms with Crippen LogP contribution in [0.15, 0.2) is 59.9 Å². The van der Waals surface area contributed by atoms with Gasteiger partial charge in [0, 0.05) is 18.8 Å². The van der Waals surface area contributed by atoms with Crippen molar-refractivity contribution in [1.82, 2.24) is 14.9 Å². The van der Waals surface area contributed by atoms with Gasteiger partial charge in [-0.2, -0.15) is 0 Å². The molecule has 1 aliphatic rings. The molecule has 7 nitrogen and oxygen atoms in total. The Bertz CT molecular complexity index is 1230. The number of ether oxygens (including phenoxy) is 1. The highest BCUT2D eigenvalue weighted by atomic mass is 19.3. The van der Waals surface area contributed by atoms with Crippen LogP contribution in [0.3, 0.4) is 0 Å². The van der Waals surface area contributed by atoms with Gasteiger partial charge in [0.1, 0.15) is 17.3 Å². The molecule has 1 aromatic carbocycles. The molecule has 1 unspecified atom stereocenters. The third-order valence-corrected chi connectivity index (χ3v) is 5.20. The van der Waals surface area contributed by atoms with Gasteiger partial charge in [0.05, 0.1) is 19.0 Å². The van der Waals surface area contributed by atoms with Crippen molar-refractivity contribution >= 4 is 11.9 Å². The van der Waals surface area contributed by atoms with E-state index in [1.54, 1.807) is 18.2 Å². The van der Waals surface area contributed by atoms with Crippen LogP contribution in [-0.4, -0.2) is 40.9 Å². The van der Waals surface area contributed by atoms with Gasteiger partial charge in [0.15, 0.2) is 5.96 Å². The Hall–Kier alpha value is -3.95. The molecule has 1 amide bonds. The van der Waals surface area contributed by atoms with Crippen molar-refractivity contribution in [1.29, 1.82) is 0 Å². The third-order valence-electron chi connectivity index (χ3n) is 5.20. The van der Waals surface area contributed by atoms with E-state index < -0.39 is 29.4 Å². The number of hydrogen-bond acceptors (Lipinski definition) is 6. The topological polar surface area (TPSA) is 93.7 Å². The lowest BCUT2D eigenvalue weighted by Gasteiger charge is -2.26. The van der Waals surface area contributed by atoms with Gasteiger partial charge < -0.3 is 10.5 Å². The van der Waals surface area contributed by atoms with E-state index in [2.05, 4.69) is 15.0 Å². The highest BCUT2D eigenvalue weighted by Crippen LogP contribution is 2.42. The first-order valence-electron chi connectivity index (χ1n) is 9.46. The van der Waals surface area contributed by atoms with Gasteiger partial charge in [-0.15, -0.1) is 0 Å². The van der Waals surface area contributed by atoms with Crippen LogP contribution >= 0.6 is 0 Å². The maximum Gasteiger partial charge on any atom is 0.280 e. The molecule has 10 heteroatoms. The zero-order valence-electron chi connectivity index (χ0n) is 17.1. The molecule has 0 fully saturated rings. The average Bonchev–Trinajstić information content (AvgIpc) is 3.03. The lowest BCUT2D eigenvalue weighted by Crippen LogP contribution is -2.41. The van der Waals surface area contributed by atoms with Crippen LogP contribution in [0.4, 0.5) is 13.2 Å². The Labute approximate surface area is 181 Å². The van der Waals surface area contributed by atoms with Crippen LogP contribution in [-0.2, 0) is 10.3 Å². The standard InChI is InChI=1S/C22H18F3N5O2/c1-30-20(31)22(29-21(30)26,18-5-3-4-17(28-18)19(24)25)14-6-12(8-16(9-14)32-2)13-7-15(23)11-27-10-13/h3-11,19H,1-2H3,(H2,26,29). The van der Waals surface area contributed by atoms with Crippen molar-refractivity contribution in [3.8, 4) is 16.9 Å². The van der Waals surface area contributed by atoms with Gasteiger partial charge in [-0.1, -0.05) is 6.07 Å². The van der Waals surface area contributed by atoms with E-state index in [1.165, 1.54) is 38.6 Å². The number of amides is 1. The quantitative estimate of drug-likeness (QED) is 0.656. The van der Waals surface area contributed by atoms with Gasteiger partial charge in [0.25, 0.3) is 12.3 Å². The van der Waals surface area contributed by atoms with Crippen LogP contribution in [0.1, 0.15) is 23.4 Å². The summed E-state index contributed by atoms with van der Waals surface area (Å²) >= 11 is 0. The van der Waals surface area contributed by atoms with Crippen LogP contribution < -0.4 is 10.5 Å². The number of aliphatic imine (C=N–C) groups is 1. The fraction of sp³-hybridized carbons (Fsp3) is 0.182. The van der Waals surface area contributed by atoms with E-state index in [0.29, 0.717) is 16.9 Å². The summed E-state index contributed by atoms with van der Waals surface area (Å²) in [5, 5.41) is 0. The maximum atomic E-state index is 13.8. The van der Waals surface area contributed by atoms with Crippen molar-refractivity contribution < 1.29 is 22.7 Å². The van der Waals surface area contributed by atoms with Gasteiger partial charge >= 0.3 is 0 Å². The largest absolute Gasteiger partial charge is 0.497 e. The predicted octanol–water partition coefficient (Wildman–Crippen LogP) is 3.26. The second kappa shape index (κ2) is 7.95. The van der Waals surface area contributed by atoms with Crippen molar-refractivity contribution in [2.45, 2.75) is 12.0 Å². The van der Waals surface area contributed by atoms with Crippen molar-refractivity contribution in [3.05, 3.63) is 77.6 Å². The number of benzene rings is 1. The summed E-state index contributed by atoms with van der Waals surface area (Å²) in [5.41, 5.74) is 4.76. The number of aromatic nitrogens is 2. The second-order valence-electron chi connectivity index (χ2n) is 7.13. The number of hydrogen-bond donors (Lipinski definition) is 1. The van der Waals surface area contributed by atoms with Gasteiger partial charge in [-0.3, -0.25) is 14.7 Å². The van der Waals surface area contributed by atoms with Gasteiger partial charge in [-0.05, 0) is 47.5 Å². The molecular weight excluding hydrogens is 423 g/mol. The highest BCUT2D eigenvalue weighted by Gasteiger charge is 2.51. The van der Waals surface area contributed by atoms with Gasteiger partial charge in [0.2, 0.25) is 5.54 Å². The van der Waals surface area contributed by atoms with Crippen molar-refractivity contribution in [2.75, 3.05) is 14.2 Å². The molecule has 3 heterocycles. The van der Waals surface area contributed by atoms with E-state index in [-0.39, 0.29) is 17.2 Å². The fourth-order valence-corrected chi connectivity index (χ4v) is 3.58. The minimum Gasteiger partial charge on any atom is -0.497 e. The Morgan fingerprint density at radius 2 is 1.91 bits per heavy atom. The molecule has 0 aliphatic carbocycles. The van der Waals surface area contributed by atoms with E-state index in [0.717, 1.165) is 17.2 Å². The molecule has 4 rings (SSSR count). The molecule has 1 atom stereocenters. The summed E-state index contributed by atoms with van der Waals surface area (Å²) in [6, 6.07) is 10.0. The number of rotatable bonds is 5. The number of carbonyl (C=O) groups is 1. The fourth-order valence-electron chi connectivity index (χ4n) is 3.58.